The number of nitrogens with one attached hydrogen (secondary N) is 1. The first kappa shape index (κ1) is 17.1. The van der Waals surface area contributed by atoms with Crippen molar-refractivity contribution in [3.63, 3.8) is 0 Å². The van der Waals surface area contributed by atoms with E-state index in [4.69, 9.17) is 4.74 Å². The van der Waals surface area contributed by atoms with E-state index in [9.17, 15) is 4.79 Å². The lowest BCUT2D eigenvalue weighted by Gasteiger charge is -2.22. The number of benzene rings is 2. The van der Waals surface area contributed by atoms with Gasteiger partial charge in [-0.3, -0.25) is 4.79 Å². The molecule has 0 radical (unpaired) electrons. The van der Waals surface area contributed by atoms with Crippen LogP contribution in [0.5, 0.6) is 5.75 Å². The van der Waals surface area contributed by atoms with Gasteiger partial charge in [0.05, 0.1) is 0 Å². The maximum Gasteiger partial charge on any atom is 0.258 e. The quantitative estimate of drug-likeness (QED) is 0.907. The van der Waals surface area contributed by atoms with Crippen LogP contribution in [0.15, 0.2) is 48.5 Å². The Bertz CT molecular complexity index is 671. The van der Waals surface area contributed by atoms with Crippen LogP contribution in [0.4, 0.5) is 0 Å². The standard InChI is InChI=1S/C20H25NO2/c1-15-8-7-9-16(12-15)13-21-19(22)14-23-18-11-6-5-10-17(18)20(2,3)4/h5-12H,13-14H2,1-4H3,(H,21,22). The van der Waals surface area contributed by atoms with E-state index in [1.54, 1.807) is 0 Å². The zero-order valence-corrected chi connectivity index (χ0v) is 14.3. The van der Waals surface area contributed by atoms with E-state index in [-0.39, 0.29) is 17.9 Å². The van der Waals surface area contributed by atoms with Gasteiger partial charge in [-0.1, -0.05) is 68.8 Å². The Kier molecular flexibility index (Phi) is 5.43. The summed E-state index contributed by atoms with van der Waals surface area (Å²) in [7, 11) is 0. The highest BCUT2D eigenvalue weighted by molar-refractivity contribution is 5.77. The minimum absolute atomic E-state index is 0.0192. The molecule has 2 rings (SSSR count). The molecule has 0 heterocycles. The highest BCUT2D eigenvalue weighted by Crippen LogP contribution is 2.30. The molecule has 3 heteroatoms. The van der Waals surface area contributed by atoms with Crippen molar-refractivity contribution in [1.82, 2.24) is 5.32 Å². The second-order valence-electron chi connectivity index (χ2n) is 6.80. The Morgan fingerprint density at radius 3 is 2.52 bits per heavy atom. The third-order valence-electron chi connectivity index (χ3n) is 3.63. The van der Waals surface area contributed by atoms with Gasteiger partial charge >= 0.3 is 0 Å². The second kappa shape index (κ2) is 7.32. The van der Waals surface area contributed by atoms with Crippen LogP contribution < -0.4 is 10.1 Å². The van der Waals surface area contributed by atoms with Crippen molar-refractivity contribution in [2.75, 3.05) is 6.61 Å². The van der Waals surface area contributed by atoms with E-state index in [0.717, 1.165) is 16.9 Å². The van der Waals surface area contributed by atoms with Crippen LogP contribution in [0.25, 0.3) is 0 Å². The van der Waals surface area contributed by atoms with Gasteiger partial charge in [-0.25, -0.2) is 0 Å². The first-order valence-electron chi connectivity index (χ1n) is 7.91. The number of rotatable bonds is 5. The molecule has 3 nitrogen and oxygen atoms in total. The minimum atomic E-state index is -0.116. The van der Waals surface area contributed by atoms with E-state index in [1.807, 2.05) is 49.4 Å². The summed E-state index contributed by atoms with van der Waals surface area (Å²) in [6.45, 7) is 8.98. The summed E-state index contributed by atoms with van der Waals surface area (Å²) in [5, 5.41) is 2.89. The minimum Gasteiger partial charge on any atom is -0.483 e. The largest absolute Gasteiger partial charge is 0.483 e. The Morgan fingerprint density at radius 1 is 1.09 bits per heavy atom. The van der Waals surface area contributed by atoms with Crippen molar-refractivity contribution >= 4 is 5.91 Å². The average Bonchev–Trinajstić information content (AvgIpc) is 2.50. The van der Waals surface area contributed by atoms with E-state index in [2.05, 4.69) is 32.2 Å². The lowest BCUT2D eigenvalue weighted by Crippen LogP contribution is -2.29. The predicted molar refractivity (Wildman–Crippen MR) is 93.7 cm³/mol. The first-order valence-corrected chi connectivity index (χ1v) is 7.91. The van der Waals surface area contributed by atoms with Crippen molar-refractivity contribution in [3.05, 3.63) is 65.2 Å². The van der Waals surface area contributed by atoms with E-state index >= 15 is 0 Å². The molecule has 0 fully saturated rings. The molecule has 0 atom stereocenters. The Labute approximate surface area is 138 Å². The van der Waals surface area contributed by atoms with Gasteiger partial charge in [0.25, 0.3) is 5.91 Å². The SMILES string of the molecule is Cc1cccc(CNC(=O)COc2ccccc2C(C)(C)C)c1. The number of hydrogen-bond donors (Lipinski definition) is 1. The molecule has 0 aliphatic heterocycles. The van der Waals surface area contributed by atoms with Crippen LogP contribution in [0.3, 0.4) is 0 Å². The number of amides is 1. The molecule has 0 saturated carbocycles. The first-order chi connectivity index (χ1) is 10.9. The molecular weight excluding hydrogens is 286 g/mol. The predicted octanol–water partition coefficient (Wildman–Crippen LogP) is 3.99. The van der Waals surface area contributed by atoms with Crippen LogP contribution >= 0.6 is 0 Å². The number of para-hydroxylation sites is 1. The lowest BCUT2D eigenvalue weighted by molar-refractivity contribution is -0.123. The number of aryl methyl sites for hydroxylation is 1. The zero-order chi connectivity index (χ0) is 16.9. The number of hydrogen-bond acceptors (Lipinski definition) is 2. The zero-order valence-electron chi connectivity index (χ0n) is 14.3. The van der Waals surface area contributed by atoms with Crippen LogP contribution in [0.2, 0.25) is 0 Å². The van der Waals surface area contributed by atoms with Gasteiger partial charge in [-0.15, -0.1) is 0 Å². The fourth-order valence-corrected chi connectivity index (χ4v) is 2.43. The summed E-state index contributed by atoms with van der Waals surface area (Å²) in [5.74, 6) is 0.654. The highest BCUT2D eigenvalue weighted by atomic mass is 16.5. The van der Waals surface area contributed by atoms with Crippen LogP contribution in [-0.2, 0) is 16.8 Å². The van der Waals surface area contributed by atoms with Crippen molar-refractivity contribution < 1.29 is 9.53 Å². The third kappa shape index (κ3) is 5.13. The molecule has 0 aliphatic carbocycles. The number of carbonyl (C=O) groups excluding carboxylic acids is 1. The second-order valence-corrected chi connectivity index (χ2v) is 6.80. The molecule has 0 bridgehead atoms. The molecule has 0 unspecified atom stereocenters. The van der Waals surface area contributed by atoms with E-state index < -0.39 is 0 Å². The van der Waals surface area contributed by atoms with Crippen molar-refractivity contribution in [2.45, 2.75) is 39.7 Å². The molecule has 0 aromatic heterocycles. The fourth-order valence-electron chi connectivity index (χ4n) is 2.43. The third-order valence-corrected chi connectivity index (χ3v) is 3.63. The van der Waals surface area contributed by atoms with Crippen LogP contribution in [0.1, 0.15) is 37.5 Å². The summed E-state index contributed by atoms with van der Waals surface area (Å²) in [4.78, 5) is 12.0. The fraction of sp³-hybridized carbons (Fsp3) is 0.350. The number of ether oxygens (including phenoxy) is 1. The maximum atomic E-state index is 12.0. The number of carbonyl (C=O) groups is 1. The van der Waals surface area contributed by atoms with E-state index in [1.165, 1.54) is 5.56 Å². The van der Waals surface area contributed by atoms with Crippen molar-refractivity contribution in [1.29, 1.82) is 0 Å². The van der Waals surface area contributed by atoms with Gasteiger partial charge in [0.15, 0.2) is 6.61 Å². The summed E-state index contributed by atoms with van der Waals surface area (Å²) in [6.07, 6.45) is 0. The molecule has 2 aromatic rings. The Balaban J connectivity index is 1.90. The molecule has 23 heavy (non-hydrogen) atoms. The van der Waals surface area contributed by atoms with Gasteiger partial charge < -0.3 is 10.1 Å². The topological polar surface area (TPSA) is 38.3 Å². The van der Waals surface area contributed by atoms with Crippen LogP contribution in [-0.4, -0.2) is 12.5 Å². The summed E-state index contributed by atoms with van der Waals surface area (Å²) < 4.78 is 5.73. The normalized spacial score (nSPS) is 11.1. The summed E-state index contributed by atoms with van der Waals surface area (Å²) in [6, 6.07) is 16.0. The molecule has 0 spiro atoms. The van der Waals surface area contributed by atoms with E-state index in [0.29, 0.717) is 6.54 Å². The monoisotopic (exact) mass is 311 g/mol. The average molecular weight is 311 g/mol. The molecule has 1 N–H and O–H groups in total. The molecule has 0 saturated heterocycles. The molecule has 122 valence electrons. The summed E-state index contributed by atoms with van der Waals surface area (Å²) >= 11 is 0. The van der Waals surface area contributed by atoms with Crippen molar-refractivity contribution in [2.24, 2.45) is 0 Å². The van der Waals surface area contributed by atoms with Gasteiger partial charge in [0.2, 0.25) is 0 Å². The summed E-state index contributed by atoms with van der Waals surface area (Å²) in [5.41, 5.74) is 3.36. The molecule has 0 aliphatic rings. The molecule has 1 amide bonds. The smallest absolute Gasteiger partial charge is 0.258 e. The Morgan fingerprint density at radius 2 is 1.83 bits per heavy atom. The maximum absolute atomic E-state index is 12.0. The Hall–Kier alpha value is -2.29. The van der Waals surface area contributed by atoms with Gasteiger partial charge in [-0.05, 0) is 29.5 Å². The van der Waals surface area contributed by atoms with Gasteiger partial charge in [0, 0.05) is 6.54 Å². The van der Waals surface area contributed by atoms with Gasteiger partial charge in [0.1, 0.15) is 5.75 Å². The molecular formula is C20H25NO2. The molecule has 2 aromatic carbocycles. The van der Waals surface area contributed by atoms with Crippen molar-refractivity contribution in [3.8, 4) is 5.75 Å². The lowest BCUT2D eigenvalue weighted by atomic mass is 9.86. The van der Waals surface area contributed by atoms with Gasteiger partial charge in [-0.2, -0.15) is 0 Å². The van der Waals surface area contributed by atoms with Crippen LogP contribution in [0, 0.1) is 6.92 Å². The highest BCUT2D eigenvalue weighted by Gasteiger charge is 2.18.